The second-order valence-corrected chi connectivity index (χ2v) is 4.37. The molecule has 0 saturated carbocycles. The molecule has 2 aromatic rings. The number of rotatable bonds is 4. The van der Waals surface area contributed by atoms with E-state index in [1.807, 2.05) is 0 Å². The third-order valence-electron chi connectivity index (χ3n) is 2.16. The third-order valence-corrected chi connectivity index (χ3v) is 2.93. The summed E-state index contributed by atoms with van der Waals surface area (Å²) in [5, 5.41) is 23.5. The number of thiazole rings is 1. The largest absolute Gasteiger partial charge is 0.631 e. The quantitative estimate of drug-likeness (QED) is 0.584. The highest BCUT2D eigenvalue weighted by Gasteiger charge is 2.19. The zero-order valence-corrected chi connectivity index (χ0v) is 11.3. The molecule has 1 amide bonds. The molecule has 0 radical (unpaired) electrons. The average molecular weight is 316 g/mol. The van der Waals surface area contributed by atoms with Crippen molar-refractivity contribution in [2.24, 2.45) is 0 Å². The zero-order chi connectivity index (χ0) is 15.8. The monoisotopic (exact) mass is 316 g/mol. The van der Waals surface area contributed by atoms with Crippen LogP contribution in [0.1, 0.15) is 12.0 Å². The van der Waals surface area contributed by atoms with Crippen molar-refractivity contribution >= 4 is 35.9 Å². The third kappa shape index (κ3) is 5.19. The molecule has 112 valence electrons. The predicted octanol–water partition coefficient (Wildman–Crippen LogP) is 1.32. The normalized spacial score (nSPS) is 9.81. The molecule has 0 aliphatic rings. The minimum absolute atomic E-state index is 0.160. The van der Waals surface area contributed by atoms with Crippen molar-refractivity contribution in [3.05, 3.63) is 41.4 Å². The molecule has 0 bridgehead atoms. The fraction of sp³-hybridized carbons (Fsp3) is 0.0909. The summed E-state index contributed by atoms with van der Waals surface area (Å²) >= 11 is 1.21. The molecule has 0 aliphatic carbocycles. The van der Waals surface area contributed by atoms with Crippen molar-refractivity contribution in [3.63, 3.8) is 0 Å². The number of hydrogen-bond donors (Lipinski definition) is 3. The van der Waals surface area contributed by atoms with Crippen molar-refractivity contribution in [1.82, 2.24) is 4.98 Å². The minimum Gasteiger partial charge on any atom is -0.402 e. The molecule has 2 rings (SSSR count). The van der Waals surface area contributed by atoms with E-state index in [1.54, 1.807) is 11.4 Å². The zero-order valence-electron chi connectivity index (χ0n) is 10.5. The summed E-state index contributed by atoms with van der Waals surface area (Å²) in [6, 6.07) is 5.88. The van der Waals surface area contributed by atoms with Gasteiger partial charge in [0.05, 0.1) is 5.69 Å². The molecule has 6 nitrogen and oxygen atoms in total. The molecule has 0 aliphatic heterocycles. The van der Waals surface area contributed by atoms with Gasteiger partial charge < -0.3 is 15.1 Å². The van der Waals surface area contributed by atoms with E-state index >= 15 is 0 Å². The number of para-hydroxylation sites is 1. The van der Waals surface area contributed by atoms with E-state index in [2.05, 4.69) is 4.98 Å². The molecule has 3 N–H and O–H groups in total. The molecule has 1 aromatic heterocycles. The van der Waals surface area contributed by atoms with Gasteiger partial charge in [0, 0.05) is 17.1 Å². The van der Waals surface area contributed by atoms with Crippen LogP contribution in [0.2, 0.25) is 0 Å². The highest BCUT2D eigenvalue weighted by atomic mass is 32.1. The summed E-state index contributed by atoms with van der Waals surface area (Å²) in [5.74, 6) is 0. The molecule has 0 spiro atoms. The molecule has 21 heavy (non-hydrogen) atoms. The molecule has 10 heteroatoms. The molecule has 0 fully saturated rings. The second kappa shape index (κ2) is 8.42. The van der Waals surface area contributed by atoms with Crippen LogP contribution < -0.4 is 4.90 Å². The van der Waals surface area contributed by atoms with Gasteiger partial charge in [0.25, 0.3) is 6.43 Å². The lowest BCUT2D eigenvalue weighted by Gasteiger charge is -2.17. The summed E-state index contributed by atoms with van der Waals surface area (Å²) < 4.78 is 25.6. The fourth-order valence-electron chi connectivity index (χ4n) is 1.43. The van der Waals surface area contributed by atoms with Gasteiger partial charge in [-0.1, -0.05) is 18.2 Å². The highest BCUT2D eigenvalue weighted by Crippen LogP contribution is 2.33. The van der Waals surface area contributed by atoms with Gasteiger partial charge in [-0.25, -0.2) is 13.8 Å². The van der Waals surface area contributed by atoms with E-state index < -0.39 is 13.7 Å². The van der Waals surface area contributed by atoms with Gasteiger partial charge in [-0.3, -0.25) is 9.69 Å². The number of nitrogens with zero attached hydrogens (tertiary/aromatic N) is 2. The number of amides is 1. The topological polar surface area (TPSA) is 93.9 Å². The lowest BCUT2D eigenvalue weighted by molar-refractivity contribution is -0.106. The summed E-state index contributed by atoms with van der Waals surface area (Å²) in [6.07, 6.45) is -0.629. The Hall–Kier alpha value is -1.88. The number of hydrogen-bond acceptors (Lipinski definition) is 6. The Morgan fingerprint density at radius 1 is 1.29 bits per heavy atom. The number of halogens is 2. The number of alkyl halides is 2. The first-order valence-electron chi connectivity index (χ1n) is 5.52. The summed E-state index contributed by atoms with van der Waals surface area (Å²) in [5.41, 5.74) is -0.0257. The Morgan fingerprint density at radius 3 is 2.38 bits per heavy atom. The molecular formula is C11H11BF2N2O4S. The highest BCUT2D eigenvalue weighted by molar-refractivity contribution is 7.13. The van der Waals surface area contributed by atoms with Crippen molar-refractivity contribution in [2.45, 2.75) is 6.43 Å². The molecule has 1 aromatic carbocycles. The van der Waals surface area contributed by atoms with Crippen LogP contribution >= 0.6 is 11.3 Å². The maximum absolute atomic E-state index is 12.8. The van der Waals surface area contributed by atoms with Gasteiger partial charge >= 0.3 is 7.32 Å². The van der Waals surface area contributed by atoms with Gasteiger partial charge in [0.1, 0.15) is 0 Å². The van der Waals surface area contributed by atoms with Crippen molar-refractivity contribution in [1.29, 1.82) is 0 Å². The number of carbonyl (C=O) groups is 1. The van der Waals surface area contributed by atoms with Gasteiger partial charge in [0.15, 0.2) is 5.13 Å². The number of aromatic nitrogens is 1. The Labute approximate surface area is 123 Å². The van der Waals surface area contributed by atoms with E-state index in [4.69, 9.17) is 15.1 Å². The standard InChI is InChI=1S/C11H8F2N2OS.BH3O3/c12-10(13)8-3-1-2-4-9(8)15(7-16)11-14-5-6-17-11;2-1(3)4/h1-7,10H;2-4H. The fourth-order valence-corrected chi connectivity index (χ4v) is 2.05. The minimum atomic E-state index is -2.63. The van der Waals surface area contributed by atoms with Crippen LogP contribution in [0, 0.1) is 0 Å². The molecule has 0 atom stereocenters. The van der Waals surface area contributed by atoms with Crippen molar-refractivity contribution in [2.75, 3.05) is 4.90 Å². The van der Waals surface area contributed by atoms with Crippen molar-refractivity contribution in [3.8, 4) is 0 Å². The second-order valence-electron chi connectivity index (χ2n) is 3.50. The summed E-state index contributed by atoms with van der Waals surface area (Å²) in [4.78, 5) is 16.1. The van der Waals surface area contributed by atoms with Crippen LogP contribution in [-0.4, -0.2) is 33.8 Å². The number of anilines is 2. The lowest BCUT2D eigenvalue weighted by atomic mass is 10.2. The summed E-state index contributed by atoms with van der Waals surface area (Å²) in [7, 11) is -2.17. The molecular weight excluding hydrogens is 305 g/mol. The van der Waals surface area contributed by atoms with E-state index in [0.29, 0.717) is 11.5 Å². The number of benzene rings is 1. The maximum Gasteiger partial charge on any atom is 0.631 e. The molecule has 0 unspecified atom stereocenters. The van der Waals surface area contributed by atoms with E-state index in [1.165, 1.54) is 35.7 Å². The van der Waals surface area contributed by atoms with Gasteiger partial charge in [-0.05, 0) is 6.07 Å². The van der Waals surface area contributed by atoms with Crippen LogP contribution in [0.25, 0.3) is 0 Å². The SMILES string of the molecule is O=CN(c1nccs1)c1ccccc1C(F)F.OB(O)O. The van der Waals surface area contributed by atoms with E-state index in [0.717, 1.165) is 4.90 Å². The maximum atomic E-state index is 12.8. The first-order chi connectivity index (χ1) is 9.97. The molecule has 0 saturated heterocycles. The van der Waals surface area contributed by atoms with Crippen molar-refractivity contribution < 1.29 is 28.6 Å². The Morgan fingerprint density at radius 2 is 1.90 bits per heavy atom. The van der Waals surface area contributed by atoms with E-state index in [9.17, 15) is 13.6 Å². The lowest BCUT2D eigenvalue weighted by Crippen LogP contribution is -2.15. The Kier molecular flexibility index (Phi) is 6.89. The first-order valence-corrected chi connectivity index (χ1v) is 6.40. The van der Waals surface area contributed by atoms with E-state index in [-0.39, 0.29) is 11.3 Å². The molecule has 1 heterocycles. The summed E-state index contributed by atoms with van der Waals surface area (Å²) in [6.45, 7) is 0. The number of carbonyl (C=O) groups excluding carboxylic acids is 1. The van der Waals surface area contributed by atoms with Gasteiger partial charge in [0.2, 0.25) is 6.41 Å². The van der Waals surface area contributed by atoms with Crippen LogP contribution in [-0.2, 0) is 4.79 Å². The van der Waals surface area contributed by atoms with Crippen LogP contribution in [0.5, 0.6) is 0 Å². The first kappa shape index (κ1) is 17.2. The van der Waals surface area contributed by atoms with Crippen LogP contribution in [0.4, 0.5) is 19.6 Å². The Balaban J connectivity index is 0.000000491. The van der Waals surface area contributed by atoms with Gasteiger partial charge in [-0.2, -0.15) is 0 Å². The van der Waals surface area contributed by atoms with Crippen LogP contribution in [0.3, 0.4) is 0 Å². The van der Waals surface area contributed by atoms with Gasteiger partial charge in [-0.15, -0.1) is 11.3 Å². The Bertz CT molecular complexity index is 554. The smallest absolute Gasteiger partial charge is 0.402 e. The average Bonchev–Trinajstić information content (AvgIpc) is 2.93. The van der Waals surface area contributed by atoms with Crippen LogP contribution in [0.15, 0.2) is 35.8 Å². The predicted molar refractivity (Wildman–Crippen MR) is 74.1 cm³/mol.